The molecule has 0 aliphatic heterocycles. The molecule has 1 rings (SSSR count). The number of carbonyl (C=O) groups is 2. The van der Waals surface area contributed by atoms with E-state index in [2.05, 4.69) is 27.7 Å². The molecule has 0 spiro atoms. The number of rotatable bonds is 9. The average molecular weight is 324 g/mol. The highest BCUT2D eigenvalue weighted by Gasteiger charge is 2.53. The molecule has 0 saturated carbocycles. The monoisotopic (exact) mass is 324 g/mol. The second-order valence-electron chi connectivity index (χ2n) is 7.60. The Morgan fingerprint density at radius 1 is 1.17 bits per heavy atom. The van der Waals surface area contributed by atoms with Crippen LogP contribution in [0.4, 0.5) is 0 Å². The van der Waals surface area contributed by atoms with Gasteiger partial charge in [0, 0.05) is 6.42 Å². The summed E-state index contributed by atoms with van der Waals surface area (Å²) in [6.07, 6.45) is 3.40. The summed E-state index contributed by atoms with van der Waals surface area (Å²) in [6.45, 7) is 9.98. The Hall–Kier alpha value is -1.16. The fourth-order valence-electron chi connectivity index (χ4n) is 3.28. The maximum absolute atomic E-state index is 12.6. The van der Waals surface area contributed by atoms with Gasteiger partial charge in [-0.2, -0.15) is 0 Å². The van der Waals surface area contributed by atoms with Crippen LogP contribution >= 0.6 is 0 Å². The lowest BCUT2D eigenvalue weighted by Crippen LogP contribution is -2.39. The Bertz CT molecular complexity index is 476. The Balaban J connectivity index is 3.07. The SMILES string of the molecule is CCC(=O)C1=C(O)C(O)(CCCC(C)C)C(CCC(C)C)C1=O. The van der Waals surface area contributed by atoms with Gasteiger partial charge in [-0.05, 0) is 31.1 Å². The van der Waals surface area contributed by atoms with Crippen LogP contribution in [0.5, 0.6) is 0 Å². The molecule has 0 radical (unpaired) electrons. The Morgan fingerprint density at radius 2 is 1.74 bits per heavy atom. The van der Waals surface area contributed by atoms with E-state index in [9.17, 15) is 19.8 Å². The first-order chi connectivity index (χ1) is 10.6. The molecule has 0 aromatic rings. The van der Waals surface area contributed by atoms with Gasteiger partial charge < -0.3 is 10.2 Å². The molecule has 4 heteroatoms. The standard InChI is InChI=1S/C19H32O4/c1-6-15(20)16-17(21)14(10-9-13(4)5)19(23,18(16)22)11-7-8-12(2)3/h12-14,22-23H,6-11H2,1-5H3. The van der Waals surface area contributed by atoms with Gasteiger partial charge in [0.15, 0.2) is 11.6 Å². The molecule has 0 fully saturated rings. The zero-order valence-corrected chi connectivity index (χ0v) is 15.2. The van der Waals surface area contributed by atoms with Crippen molar-refractivity contribution >= 4 is 11.6 Å². The van der Waals surface area contributed by atoms with E-state index in [-0.39, 0.29) is 29.3 Å². The van der Waals surface area contributed by atoms with Crippen LogP contribution < -0.4 is 0 Å². The molecule has 0 bridgehead atoms. The van der Waals surface area contributed by atoms with E-state index in [0.29, 0.717) is 24.7 Å². The summed E-state index contributed by atoms with van der Waals surface area (Å²) in [5, 5.41) is 21.5. The van der Waals surface area contributed by atoms with E-state index in [4.69, 9.17) is 0 Å². The molecule has 132 valence electrons. The summed E-state index contributed by atoms with van der Waals surface area (Å²) < 4.78 is 0. The maximum Gasteiger partial charge on any atom is 0.176 e. The molecule has 1 aliphatic rings. The first-order valence-electron chi connectivity index (χ1n) is 8.88. The smallest absolute Gasteiger partial charge is 0.176 e. The lowest BCUT2D eigenvalue weighted by atomic mass is 9.80. The Morgan fingerprint density at radius 3 is 2.22 bits per heavy atom. The quantitative estimate of drug-likeness (QED) is 0.629. The van der Waals surface area contributed by atoms with Crippen molar-refractivity contribution in [1.29, 1.82) is 0 Å². The summed E-state index contributed by atoms with van der Waals surface area (Å²) in [5.41, 5.74) is -1.73. The number of hydrogen-bond acceptors (Lipinski definition) is 4. The van der Waals surface area contributed by atoms with Crippen LogP contribution in [0.2, 0.25) is 0 Å². The van der Waals surface area contributed by atoms with Crippen LogP contribution in [0.1, 0.15) is 73.1 Å². The maximum atomic E-state index is 12.6. The topological polar surface area (TPSA) is 74.6 Å². The number of aliphatic hydroxyl groups is 2. The molecule has 0 heterocycles. The largest absolute Gasteiger partial charge is 0.508 e. The third kappa shape index (κ3) is 4.43. The van der Waals surface area contributed by atoms with Crippen LogP contribution in [-0.2, 0) is 9.59 Å². The van der Waals surface area contributed by atoms with Gasteiger partial charge in [-0.3, -0.25) is 9.59 Å². The number of aliphatic hydroxyl groups excluding tert-OH is 1. The predicted octanol–water partition coefficient (Wildman–Crippen LogP) is 3.97. The minimum Gasteiger partial charge on any atom is -0.508 e. The van der Waals surface area contributed by atoms with E-state index in [1.165, 1.54) is 0 Å². The van der Waals surface area contributed by atoms with Crippen LogP contribution in [0.25, 0.3) is 0 Å². The third-order valence-electron chi connectivity index (χ3n) is 4.76. The molecule has 2 N–H and O–H groups in total. The molecule has 1 aliphatic carbocycles. The van der Waals surface area contributed by atoms with Crippen molar-refractivity contribution in [2.45, 2.75) is 78.7 Å². The molecule has 0 saturated heterocycles. The van der Waals surface area contributed by atoms with Crippen molar-refractivity contribution in [3.63, 3.8) is 0 Å². The first kappa shape index (κ1) is 19.9. The fourth-order valence-corrected chi connectivity index (χ4v) is 3.28. The van der Waals surface area contributed by atoms with Crippen molar-refractivity contribution in [1.82, 2.24) is 0 Å². The Labute approximate surface area is 140 Å². The van der Waals surface area contributed by atoms with Gasteiger partial charge in [0.1, 0.15) is 16.9 Å². The van der Waals surface area contributed by atoms with E-state index in [0.717, 1.165) is 19.3 Å². The van der Waals surface area contributed by atoms with Crippen LogP contribution in [0, 0.1) is 17.8 Å². The van der Waals surface area contributed by atoms with Gasteiger partial charge in [0.25, 0.3) is 0 Å². The minimum atomic E-state index is -1.57. The zero-order valence-electron chi connectivity index (χ0n) is 15.2. The van der Waals surface area contributed by atoms with E-state index < -0.39 is 11.5 Å². The molecule has 2 unspecified atom stereocenters. The van der Waals surface area contributed by atoms with E-state index in [1.54, 1.807) is 6.92 Å². The fraction of sp³-hybridized carbons (Fsp3) is 0.789. The molecule has 23 heavy (non-hydrogen) atoms. The number of carbonyl (C=O) groups excluding carboxylic acids is 2. The number of Topliss-reactive ketones (excluding diaryl/α,β-unsaturated/α-hetero) is 2. The van der Waals surface area contributed by atoms with Gasteiger partial charge in [0.2, 0.25) is 0 Å². The summed E-state index contributed by atoms with van der Waals surface area (Å²) in [4.78, 5) is 24.7. The molecule has 0 amide bonds. The van der Waals surface area contributed by atoms with Crippen molar-refractivity contribution in [2.24, 2.45) is 17.8 Å². The van der Waals surface area contributed by atoms with Crippen LogP contribution in [0.15, 0.2) is 11.3 Å². The lowest BCUT2D eigenvalue weighted by Gasteiger charge is -2.30. The molecule has 0 aromatic heterocycles. The Kier molecular flexibility index (Phi) is 7.00. The minimum absolute atomic E-state index is 0.157. The van der Waals surface area contributed by atoms with Crippen LogP contribution in [0.3, 0.4) is 0 Å². The van der Waals surface area contributed by atoms with Gasteiger partial charge >= 0.3 is 0 Å². The molecular formula is C19H32O4. The normalized spacial score (nSPS) is 25.0. The van der Waals surface area contributed by atoms with Crippen LogP contribution in [-0.4, -0.2) is 27.4 Å². The van der Waals surface area contributed by atoms with Gasteiger partial charge in [-0.15, -0.1) is 0 Å². The predicted molar refractivity (Wildman–Crippen MR) is 91.2 cm³/mol. The summed E-state index contributed by atoms with van der Waals surface area (Å²) in [5.74, 6) is -0.929. The van der Waals surface area contributed by atoms with Crippen molar-refractivity contribution < 1.29 is 19.8 Å². The van der Waals surface area contributed by atoms with Gasteiger partial charge in [0.05, 0.1) is 5.92 Å². The highest BCUT2D eigenvalue weighted by atomic mass is 16.3. The first-order valence-corrected chi connectivity index (χ1v) is 8.88. The molecule has 2 atom stereocenters. The molecule has 0 aromatic carbocycles. The number of hydrogen-bond donors (Lipinski definition) is 2. The summed E-state index contributed by atoms with van der Waals surface area (Å²) >= 11 is 0. The highest BCUT2D eigenvalue weighted by Crippen LogP contribution is 2.43. The van der Waals surface area contributed by atoms with E-state index >= 15 is 0 Å². The zero-order chi connectivity index (χ0) is 17.8. The number of ketones is 2. The molecule has 4 nitrogen and oxygen atoms in total. The van der Waals surface area contributed by atoms with Crippen molar-refractivity contribution in [2.75, 3.05) is 0 Å². The summed E-state index contributed by atoms with van der Waals surface area (Å²) in [6, 6.07) is 0. The highest BCUT2D eigenvalue weighted by molar-refractivity contribution is 6.23. The van der Waals surface area contributed by atoms with Gasteiger partial charge in [-0.25, -0.2) is 0 Å². The number of allylic oxidation sites excluding steroid dienone is 1. The third-order valence-corrected chi connectivity index (χ3v) is 4.76. The summed E-state index contributed by atoms with van der Waals surface area (Å²) in [7, 11) is 0. The van der Waals surface area contributed by atoms with E-state index in [1.807, 2.05) is 0 Å². The second kappa shape index (κ2) is 8.09. The van der Waals surface area contributed by atoms with Crippen molar-refractivity contribution in [3.8, 4) is 0 Å². The van der Waals surface area contributed by atoms with Gasteiger partial charge in [-0.1, -0.05) is 47.5 Å². The molecular weight excluding hydrogens is 292 g/mol. The lowest BCUT2D eigenvalue weighted by molar-refractivity contribution is -0.127. The van der Waals surface area contributed by atoms with Crippen molar-refractivity contribution in [3.05, 3.63) is 11.3 Å². The second-order valence-corrected chi connectivity index (χ2v) is 7.60. The average Bonchev–Trinajstić information content (AvgIpc) is 2.63.